The summed E-state index contributed by atoms with van der Waals surface area (Å²) >= 11 is 0. The minimum atomic E-state index is 0.0110. The van der Waals surface area contributed by atoms with Gasteiger partial charge in [-0.1, -0.05) is 13.0 Å². The smallest absolute Gasteiger partial charge is 0.203 e. The fraction of sp³-hybridized carbons (Fsp3) is 0.333. The standard InChI is InChI=1S/C9H12N2O/c1-3-4-5-9(12)8-6-7-10-11(8)2/h4-7H,3H2,1-2H3/b5-4+. The van der Waals surface area contributed by atoms with E-state index in [1.807, 2.05) is 13.0 Å². The Labute approximate surface area is 71.7 Å². The van der Waals surface area contributed by atoms with Gasteiger partial charge in [-0.15, -0.1) is 0 Å². The summed E-state index contributed by atoms with van der Waals surface area (Å²) in [7, 11) is 1.76. The molecule has 0 amide bonds. The average molecular weight is 164 g/mol. The van der Waals surface area contributed by atoms with Gasteiger partial charge in [-0.3, -0.25) is 9.48 Å². The lowest BCUT2D eigenvalue weighted by atomic mass is 10.2. The molecule has 0 aliphatic carbocycles. The molecule has 0 saturated heterocycles. The van der Waals surface area contributed by atoms with E-state index >= 15 is 0 Å². The van der Waals surface area contributed by atoms with Crippen molar-refractivity contribution < 1.29 is 4.79 Å². The van der Waals surface area contributed by atoms with Crippen LogP contribution in [0.5, 0.6) is 0 Å². The van der Waals surface area contributed by atoms with E-state index in [0.717, 1.165) is 6.42 Å². The maximum atomic E-state index is 11.3. The minimum Gasteiger partial charge on any atom is -0.288 e. The number of ketones is 1. The molecule has 1 aromatic heterocycles. The number of carbonyl (C=O) groups is 1. The van der Waals surface area contributed by atoms with Crippen molar-refractivity contribution >= 4 is 5.78 Å². The lowest BCUT2D eigenvalue weighted by Crippen LogP contribution is -2.03. The summed E-state index contributed by atoms with van der Waals surface area (Å²) in [4.78, 5) is 11.3. The van der Waals surface area contributed by atoms with Crippen LogP contribution < -0.4 is 0 Å². The largest absolute Gasteiger partial charge is 0.288 e. The van der Waals surface area contributed by atoms with Crippen molar-refractivity contribution in [1.29, 1.82) is 0 Å². The van der Waals surface area contributed by atoms with Crippen LogP contribution in [0.2, 0.25) is 0 Å². The van der Waals surface area contributed by atoms with Gasteiger partial charge in [-0.25, -0.2) is 0 Å². The third-order valence-electron chi connectivity index (χ3n) is 1.58. The van der Waals surface area contributed by atoms with E-state index in [1.54, 1.807) is 30.1 Å². The van der Waals surface area contributed by atoms with Gasteiger partial charge < -0.3 is 0 Å². The molecule has 0 aliphatic rings. The number of hydrogen-bond donors (Lipinski definition) is 0. The molecular formula is C9H12N2O. The monoisotopic (exact) mass is 164 g/mol. The van der Waals surface area contributed by atoms with Crippen molar-refractivity contribution in [2.75, 3.05) is 0 Å². The average Bonchev–Trinajstić information content (AvgIpc) is 2.47. The van der Waals surface area contributed by atoms with Gasteiger partial charge >= 0.3 is 0 Å². The summed E-state index contributed by atoms with van der Waals surface area (Å²) in [5.74, 6) is 0.0110. The van der Waals surface area contributed by atoms with E-state index in [4.69, 9.17) is 0 Å². The molecule has 12 heavy (non-hydrogen) atoms. The third-order valence-corrected chi connectivity index (χ3v) is 1.58. The normalized spacial score (nSPS) is 10.8. The molecule has 3 nitrogen and oxygen atoms in total. The lowest BCUT2D eigenvalue weighted by molar-refractivity contribution is 0.103. The lowest BCUT2D eigenvalue weighted by Gasteiger charge is -1.94. The Morgan fingerprint density at radius 3 is 3.00 bits per heavy atom. The fourth-order valence-electron chi connectivity index (χ4n) is 0.926. The number of carbonyl (C=O) groups excluding carboxylic acids is 1. The van der Waals surface area contributed by atoms with Crippen molar-refractivity contribution in [3.05, 3.63) is 30.1 Å². The van der Waals surface area contributed by atoms with Gasteiger partial charge in [0.15, 0.2) is 0 Å². The topological polar surface area (TPSA) is 34.9 Å². The van der Waals surface area contributed by atoms with E-state index in [-0.39, 0.29) is 5.78 Å². The Morgan fingerprint density at radius 1 is 1.75 bits per heavy atom. The van der Waals surface area contributed by atoms with Crippen LogP contribution >= 0.6 is 0 Å². The molecule has 0 spiro atoms. The summed E-state index contributed by atoms with van der Waals surface area (Å²) in [6, 6.07) is 1.71. The van der Waals surface area contributed by atoms with Crippen molar-refractivity contribution in [2.45, 2.75) is 13.3 Å². The Kier molecular flexibility index (Phi) is 2.80. The third kappa shape index (κ3) is 1.81. The molecule has 0 fully saturated rings. The summed E-state index contributed by atoms with van der Waals surface area (Å²) in [5.41, 5.74) is 0.625. The molecular weight excluding hydrogens is 152 g/mol. The van der Waals surface area contributed by atoms with Gasteiger partial charge in [-0.2, -0.15) is 5.10 Å². The second-order valence-corrected chi connectivity index (χ2v) is 2.51. The van der Waals surface area contributed by atoms with Crippen LogP contribution in [0.3, 0.4) is 0 Å². The molecule has 1 rings (SSSR count). The molecule has 0 radical (unpaired) electrons. The van der Waals surface area contributed by atoms with Crippen LogP contribution in [0.15, 0.2) is 24.4 Å². The fourth-order valence-corrected chi connectivity index (χ4v) is 0.926. The van der Waals surface area contributed by atoms with Crippen molar-refractivity contribution in [2.24, 2.45) is 7.05 Å². The SMILES string of the molecule is CC/C=C/C(=O)c1ccnn1C. The molecule has 0 aromatic carbocycles. The molecule has 64 valence electrons. The second-order valence-electron chi connectivity index (χ2n) is 2.51. The van der Waals surface area contributed by atoms with Crippen LogP contribution in [-0.4, -0.2) is 15.6 Å². The van der Waals surface area contributed by atoms with E-state index in [1.165, 1.54) is 0 Å². The Morgan fingerprint density at radius 2 is 2.50 bits per heavy atom. The Hall–Kier alpha value is -1.38. The predicted octanol–water partition coefficient (Wildman–Crippen LogP) is 1.57. The highest BCUT2D eigenvalue weighted by molar-refractivity contribution is 6.03. The zero-order chi connectivity index (χ0) is 8.97. The molecule has 1 heterocycles. The quantitative estimate of drug-likeness (QED) is 0.502. The van der Waals surface area contributed by atoms with Crippen LogP contribution in [0.4, 0.5) is 0 Å². The van der Waals surface area contributed by atoms with Crippen LogP contribution in [-0.2, 0) is 7.05 Å². The van der Waals surface area contributed by atoms with Gasteiger partial charge in [-0.05, 0) is 18.6 Å². The predicted molar refractivity (Wildman–Crippen MR) is 47.0 cm³/mol. The number of aromatic nitrogens is 2. The van der Waals surface area contributed by atoms with Gasteiger partial charge in [0.2, 0.25) is 5.78 Å². The Bertz CT molecular complexity index is 299. The highest BCUT2D eigenvalue weighted by Crippen LogP contribution is 1.99. The van der Waals surface area contributed by atoms with Crippen molar-refractivity contribution in [3.8, 4) is 0 Å². The molecule has 0 saturated carbocycles. The maximum absolute atomic E-state index is 11.3. The van der Waals surface area contributed by atoms with Gasteiger partial charge in [0.05, 0.1) is 0 Å². The zero-order valence-electron chi connectivity index (χ0n) is 7.32. The molecule has 0 unspecified atom stereocenters. The summed E-state index contributed by atoms with van der Waals surface area (Å²) in [6.07, 6.45) is 5.92. The molecule has 3 heteroatoms. The van der Waals surface area contributed by atoms with E-state index in [2.05, 4.69) is 5.10 Å². The van der Waals surface area contributed by atoms with Crippen LogP contribution in [0.25, 0.3) is 0 Å². The molecule has 0 N–H and O–H groups in total. The van der Waals surface area contributed by atoms with Gasteiger partial charge in [0.25, 0.3) is 0 Å². The minimum absolute atomic E-state index is 0.0110. The van der Waals surface area contributed by atoms with Crippen LogP contribution in [0, 0.1) is 0 Å². The highest BCUT2D eigenvalue weighted by Gasteiger charge is 2.04. The molecule has 0 aliphatic heterocycles. The number of allylic oxidation sites excluding steroid dienone is 2. The highest BCUT2D eigenvalue weighted by atomic mass is 16.1. The van der Waals surface area contributed by atoms with E-state index < -0.39 is 0 Å². The molecule has 0 atom stereocenters. The molecule has 0 bridgehead atoms. The summed E-state index contributed by atoms with van der Waals surface area (Å²) in [5, 5.41) is 3.91. The second kappa shape index (κ2) is 3.85. The molecule has 1 aromatic rings. The maximum Gasteiger partial charge on any atom is 0.203 e. The number of hydrogen-bond acceptors (Lipinski definition) is 2. The Balaban J connectivity index is 2.78. The first-order chi connectivity index (χ1) is 5.75. The first kappa shape index (κ1) is 8.71. The number of aryl methyl sites for hydroxylation is 1. The number of nitrogens with zero attached hydrogens (tertiary/aromatic N) is 2. The van der Waals surface area contributed by atoms with Gasteiger partial charge in [0.1, 0.15) is 5.69 Å². The summed E-state index contributed by atoms with van der Waals surface area (Å²) < 4.78 is 1.57. The van der Waals surface area contributed by atoms with E-state index in [9.17, 15) is 4.79 Å². The zero-order valence-corrected chi connectivity index (χ0v) is 7.32. The summed E-state index contributed by atoms with van der Waals surface area (Å²) in [6.45, 7) is 1.99. The first-order valence-electron chi connectivity index (χ1n) is 3.94. The number of rotatable bonds is 3. The van der Waals surface area contributed by atoms with Gasteiger partial charge in [0, 0.05) is 13.2 Å². The first-order valence-corrected chi connectivity index (χ1v) is 3.94. The van der Waals surface area contributed by atoms with E-state index in [0.29, 0.717) is 5.69 Å². The van der Waals surface area contributed by atoms with Crippen molar-refractivity contribution in [3.63, 3.8) is 0 Å². The van der Waals surface area contributed by atoms with Crippen molar-refractivity contribution in [1.82, 2.24) is 9.78 Å². The van der Waals surface area contributed by atoms with Crippen LogP contribution in [0.1, 0.15) is 23.8 Å².